The van der Waals surface area contributed by atoms with Crippen LogP contribution < -0.4 is 4.74 Å². The third kappa shape index (κ3) is 3.48. The van der Waals surface area contributed by atoms with Crippen LogP contribution in [0, 0.1) is 0 Å². The quantitative estimate of drug-likeness (QED) is 0.846. The van der Waals surface area contributed by atoms with Gasteiger partial charge in [-0.25, -0.2) is 4.21 Å². The molecular weight excluding hydrogens is 274 g/mol. The molecule has 102 valence electrons. The highest BCUT2D eigenvalue weighted by Gasteiger charge is 2.13. The van der Waals surface area contributed by atoms with Gasteiger partial charge < -0.3 is 4.74 Å². The topological polar surface area (TPSA) is 35.5 Å². The van der Waals surface area contributed by atoms with E-state index in [1.165, 1.54) is 12.3 Å². The Labute approximate surface area is 111 Å². The van der Waals surface area contributed by atoms with E-state index in [0.717, 1.165) is 10.8 Å². The molecule has 19 heavy (non-hydrogen) atoms. The summed E-state index contributed by atoms with van der Waals surface area (Å²) in [7, 11) is 0. The fraction of sp³-hybridized carbons (Fsp3) is 0.231. The molecule has 1 atom stereocenters. The lowest BCUT2D eigenvalue weighted by Gasteiger charge is -2.13. The Morgan fingerprint density at radius 2 is 1.95 bits per heavy atom. The first kappa shape index (κ1) is 13.9. The summed E-state index contributed by atoms with van der Waals surface area (Å²) < 4.78 is 45.2. The van der Waals surface area contributed by atoms with Gasteiger partial charge in [0, 0.05) is 11.8 Å². The summed E-state index contributed by atoms with van der Waals surface area (Å²) in [6.45, 7) is -2.96. The molecule has 0 aromatic heterocycles. The summed E-state index contributed by atoms with van der Waals surface area (Å²) in [6.07, 6.45) is 1.37. The Bertz CT molecular complexity index is 601. The van der Waals surface area contributed by atoms with Crippen molar-refractivity contribution < 1.29 is 21.9 Å². The molecule has 2 rings (SSSR count). The molecular formula is C13H12F2O3S. The summed E-state index contributed by atoms with van der Waals surface area (Å²) in [5.41, 5.74) is 0.466. The van der Waals surface area contributed by atoms with Crippen LogP contribution in [0.25, 0.3) is 10.8 Å². The molecule has 2 aromatic carbocycles. The lowest BCUT2D eigenvalue weighted by Crippen LogP contribution is -2.06. The van der Waals surface area contributed by atoms with E-state index in [0.29, 0.717) is 5.56 Å². The van der Waals surface area contributed by atoms with Gasteiger partial charge in [0.05, 0.1) is 6.61 Å². The highest BCUT2D eigenvalue weighted by molar-refractivity contribution is 7.79. The third-order valence-corrected chi connectivity index (χ3v) is 3.03. The van der Waals surface area contributed by atoms with Gasteiger partial charge in [-0.2, -0.15) is 8.78 Å². The van der Waals surface area contributed by atoms with Gasteiger partial charge >= 0.3 is 6.61 Å². The molecule has 1 unspecified atom stereocenters. The van der Waals surface area contributed by atoms with Crippen molar-refractivity contribution in [3.63, 3.8) is 0 Å². The number of rotatable bonds is 5. The first-order valence-electron chi connectivity index (χ1n) is 5.50. The van der Waals surface area contributed by atoms with E-state index in [1.807, 2.05) is 12.1 Å². The summed E-state index contributed by atoms with van der Waals surface area (Å²) >= 11 is -1.47. The average Bonchev–Trinajstić information content (AvgIpc) is 2.36. The first-order chi connectivity index (χ1) is 9.08. The molecule has 0 amide bonds. The van der Waals surface area contributed by atoms with Crippen molar-refractivity contribution in [2.75, 3.05) is 6.26 Å². The molecule has 0 heterocycles. The molecule has 0 aliphatic carbocycles. The van der Waals surface area contributed by atoms with E-state index in [2.05, 4.69) is 4.74 Å². The smallest absolute Gasteiger partial charge is 0.387 e. The van der Waals surface area contributed by atoms with Crippen LogP contribution in [0.15, 0.2) is 36.4 Å². The number of fused-ring (bicyclic) bond motifs is 1. The largest absolute Gasteiger partial charge is 0.434 e. The minimum atomic E-state index is -2.91. The molecule has 0 aliphatic rings. The zero-order chi connectivity index (χ0) is 13.8. The van der Waals surface area contributed by atoms with Gasteiger partial charge in [-0.15, -0.1) is 0 Å². The molecule has 0 aliphatic heterocycles. The van der Waals surface area contributed by atoms with Crippen molar-refractivity contribution in [2.45, 2.75) is 13.2 Å². The van der Waals surface area contributed by atoms with E-state index in [-0.39, 0.29) is 12.4 Å². The molecule has 0 N–H and O–H groups in total. The number of halogens is 2. The van der Waals surface area contributed by atoms with E-state index < -0.39 is 17.7 Å². The molecule has 0 bridgehead atoms. The fourth-order valence-electron chi connectivity index (χ4n) is 1.81. The maximum Gasteiger partial charge on any atom is 0.387 e. The highest BCUT2D eigenvalue weighted by Crippen LogP contribution is 2.30. The number of hydrogen-bond acceptors (Lipinski definition) is 3. The van der Waals surface area contributed by atoms with Crippen LogP contribution in [0.2, 0.25) is 0 Å². The van der Waals surface area contributed by atoms with Crippen LogP contribution in [0.4, 0.5) is 8.78 Å². The van der Waals surface area contributed by atoms with Crippen LogP contribution in [0.1, 0.15) is 5.56 Å². The zero-order valence-electron chi connectivity index (χ0n) is 10.1. The van der Waals surface area contributed by atoms with Gasteiger partial charge in [-0.3, -0.25) is 4.18 Å². The molecule has 6 heteroatoms. The van der Waals surface area contributed by atoms with E-state index in [1.54, 1.807) is 18.2 Å². The zero-order valence-corrected chi connectivity index (χ0v) is 11.0. The Morgan fingerprint density at radius 1 is 1.21 bits per heavy atom. The van der Waals surface area contributed by atoms with E-state index in [9.17, 15) is 13.0 Å². The van der Waals surface area contributed by atoms with Crippen molar-refractivity contribution in [1.82, 2.24) is 0 Å². The third-order valence-electron chi connectivity index (χ3n) is 2.58. The van der Waals surface area contributed by atoms with E-state index >= 15 is 0 Å². The van der Waals surface area contributed by atoms with Crippen LogP contribution in [-0.4, -0.2) is 17.1 Å². The van der Waals surface area contributed by atoms with Gasteiger partial charge in [-0.05, 0) is 16.8 Å². The molecule has 0 spiro atoms. The predicted octanol–water partition coefficient (Wildman–Crippen LogP) is 3.25. The molecule has 0 saturated carbocycles. The summed E-state index contributed by atoms with van der Waals surface area (Å²) in [5, 5.41) is 1.62. The second-order valence-corrected chi connectivity index (χ2v) is 4.84. The standard InChI is InChI=1S/C13H12F2O3S/c1-19(16)17-8-11-10-5-3-2-4-9(10)6-7-12(11)18-13(14)15/h2-7,13H,8H2,1H3. The predicted molar refractivity (Wildman–Crippen MR) is 69.4 cm³/mol. The van der Waals surface area contributed by atoms with Crippen molar-refractivity contribution in [1.29, 1.82) is 0 Å². The van der Waals surface area contributed by atoms with Crippen LogP contribution >= 0.6 is 0 Å². The number of hydrogen-bond donors (Lipinski definition) is 0. The van der Waals surface area contributed by atoms with Crippen LogP contribution in [0.5, 0.6) is 5.75 Å². The minimum absolute atomic E-state index is 0.0409. The molecule has 2 aromatic rings. The second kappa shape index (κ2) is 6.08. The van der Waals surface area contributed by atoms with Gasteiger partial charge in [0.1, 0.15) is 5.75 Å². The molecule has 0 saturated heterocycles. The maximum atomic E-state index is 12.4. The molecule has 0 radical (unpaired) electrons. The van der Waals surface area contributed by atoms with Crippen molar-refractivity contribution >= 4 is 21.9 Å². The number of alkyl halides is 2. The summed E-state index contributed by atoms with van der Waals surface area (Å²) in [4.78, 5) is 0. The van der Waals surface area contributed by atoms with Gasteiger partial charge in [0.2, 0.25) is 0 Å². The minimum Gasteiger partial charge on any atom is -0.434 e. The monoisotopic (exact) mass is 286 g/mol. The van der Waals surface area contributed by atoms with Crippen molar-refractivity contribution in [2.24, 2.45) is 0 Å². The number of ether oxygens (including phenoxy) is 1. The van der Waals surface area contributed by atoms with Crippen molar-refractivity contribution in [3.05, 3.63) is 42.0 Å². The number of benzene rings is 2. The maximum absolute atomic E-state index is 12.4. The highest BCUT2D eigenvalue weighted by atomic mass is 32.2. The Morgan fingerprint density at radius 3 is 2.63 bits per heavy atom. The van der Waals surface area contributed by atoms with Gasteiger partial charge in [0.15, 0.2) is 11.1 Å². The lowest BCUT2D eigenvalue weighted by atomic mass is 10.0. The van der Waals surface area contributed by atoms with E-state index in [4.69, 9.17) is 4.18 Å². The molecule has 0 fully saturated rings. The summed E-state index contributed by atoms with van der Waals surface area (Å²) in [6, 6.07) is 10.4. The second-order valence-electron chi connectivity index (χ2n) is 3.81. The normalized spacial score (nSPS) is 12.8. The molecule has 3 nitrogen and oxygen atoms in total. The Balaban J connectivity index is 2.47. The summed E-state index contributed by atoms with van der Waals surface area (Å²) in [5.74, 6) is 0.0409. The van der Waals surface area contributed by atoms with Gasteiger partial charge in [-0.1, -0.05) is 30.3 Å². The van der Waals surface area contributed by atoms with Crippen LogP contribution in [0.3, 0.4) is 0 Å². The Kier molecular flexibility index (Phi) is 4.44. The Hall–Kier alpha value is -1.53. The SMILES string of the molecule is CS(=O)OCc1c(OC(F)F)ccc2ccccc12. The van der Waals surface area contributed by atoms with Gasteiger partial charge in [0.25, 0.3) is 0 Å². The lowest BCUT2D eigenvalue weighted by molar-refractivity contribution is -0.0506. The average molecular weight is 286 g/mol. The first-order valence-corrected chi connectivity index (χ1v) is 6.98. The van der Waals surface area contributed by atoms with Crippen LogP contribution in [-0.2, 0) is 21.9 Å². The fourth-order valence-corrected chi connectivity index (χ4v) is 2.10. The van der Waals surface area contributed by atoms with Crippen molar-refractivity contribution in [3.8, 4) is 5.75 Å².